The smallest absolute Gasteiger partial charge is 0.462 e. The summed E-state index contributed by atoms with van der Waals surface area (Å²) < 4.78 is 68.5. The molecule has 0 heterocycles. The minimum absolute atomic E-state index is 0.106. The van der Waals surface area contributed by atoms with Gasteiger partial charge in [0.05, 0.1) is 26.4 Å². The van der Waals surface area contributed by atoms with E-state index in [0.29, 0.717) is 25.7 Å². The summed E-state index contributed by atoms with van der Waals surface area (Å²) in [5.74, 6) is -1.24. The summed E-state index contributed by atoms with van der Waals surface area (Å²) >= 11 is 0. The van der Waals surface area contributed by atoms with E-state index in [-0.39, 0.29) is 25.7 Å². The van der Waals surface area contributed by atoms with Crippen molar-refractivity contribution in [1.82, 2.24) is 0 Å². The van der Waals surface area contributed by atoms with Crippen LogP contribution in [0.5, 0.6) is 0 Å². The van der Waals surface area contributed by atoms with Crippen molar-refractivity contribution in [1.29, 1.82) is 0 Å². The minimum Gasteiger partial charge on any atom is -0.462 e. The lowest BCUT2D eigenvalue weighted by Crippen LogP contribution is -2.30. The normalized spacial score (nSPS) is 14.1. The van der Waals surface area contributed by atoms with E-state index >= 15 is 0 Å². The molecule has 0 aromatic carbocycles. The number of carbonyl (C=O) groups excluding carboxylic acids is 4. The number of esters is 4. The topological polar surface area (TPSA) is 237 Å². The number of aliphatic hydroxyl groups excluding tert-OH is 1. The van der Waals surface area contributed by atoms with E-state index in [9.17, 15) is 43.2 Å². The minimum atomic E-state index is -4.96. The number of carbonyl (C=O) groups is 4. The van der Waals surface area contributed by atoms with E-state index in [0.717, 1.165) is 109 Å². The van der Waals surface area contributed by atoms with Crippen molar-refractivity contribution >= 4 is 39.5 Å². The van der Waals surface area contributed by atoms with Crippen LogP contribution in [0.15, 0.2) is 0 Å². The quantitative estimate of drug-likeness (QED) is 0.0222. The van der Waals surface area contributed by atoms with Crippen LogP contribution in [0.3, 0.4) is 0 Å². The first-order chi connectivity index (χ1) is 48.1. The van der Waals surface area contributed by atoms with Crippen LogP contribution in [0.25, 0.3) is 0 Å². The first-order valence-corrected chi connectivity index (χ1v) is 44.7. The highest BCUT2D eigenvalue weighted by Gasteiger charge is 2.30. The number of hydrogen-bond donors (Lipinski definition) is 3. The Morgan fingerprint density at radius 3 is 0.717 bits per heavy atom. The molecule has 588 valence electrons. The second-order valence-electron chi connectivity index (χ2n) is 29.1. The molecule has 3 N–H and O–H groups in total. The predicted molar refractivity (Wildman–Crippen MR) is 405 cm³/mol. The van der Waals surface area contributed by atoms with Gasteiger partial charge in [0.25, 0.3) is 0 Å². The molecular weight excluding hydrogens is 1290 g/mol. The molecule has 0 aliphatic heterocycles. The van der Waals surface area contributed by atoms with Crippen molar-refractivity contribution < 1.29 is 80.2 Å². The number of aliphatic hydroxyl groups is 1. The maximum atomic E-state index is 13.1. The molecule has 0 amide bonds. The van der Waals surface area contributed by atoms with Crippen molar-refractivity contribution in [3.05, 3.63) is 0 Å². The van der Waals surface area contributed by atoms with E-state index in [1.54, 1.807) is 0 Å². The molecule has 0 saturated heterocycles. The lowest BCUT2D eigenvalue weighted by atomic mass is 9.99. The average molecular weight is 1450 g/mol. The van der Waals surface area contributed by atoms with E-state index in [1.165, 1.54) is 238 Å². The molecule has 0 bridgehead atoms. The molecule has 3 unspecified atom stereocenters. The first kappa shape index (κ1) is 97.1. The Kier molecular flexibility index (Phi) is 71.6. The summed E-state index contributed by atoms with van der Waals surface area (Å²) in [7, 11) is -9.91. The molecule has 0 aromatic rings. The van der Waals surface area contributed by atoms with E-state index < -0.39 is 97.5 Å². The lowest BCUT2D eigenvalue weighted by Gasteiger charge is -2.21. The van der Waals surface area contributed by atoms with Gasteiger partial charge in [0, 0.05) is 25.7 Å². The van der Waals surface area contributed by atoms with E-state index in [4.69, 9.17) is 37.0 Å². The van der Waals surface area contributed by atoms with E-state index in [1.807, 2.05) is 0 Å². The second kappa shape index (κ2) is 73.0. The van der Waals surface area contributed by atoms with Crippen molar-refractivity contribution in [2.45, 2.75) is 445 Å². The molecule has 17 nitrogen and oxygen atoms in total. The number of hydrogen-bond acceptors (Lipinski definition) is 15. The zero-order valence-electron chi connectivity index (χ0n) is 64.6. The van der Waals surface area contributed by atoms with Gasteiger partial charge in [-0.05, 0) is 31.6 Å². The second-order valence-corrected chi connectivity index (χ2v) is 32.0. The Bertz CT molecular complexity index is 1890. The van der Waals surface area contributed by atoms with Gasteiger partial charge in [0.2, 0.25) is 0 Å². The maximum absolute atomic E-state index is 13.1. The molecular formula is C80H156O17P2. The largest absolute Gasteiger partial charge is 0.472 e. The van der Waals surface area contributed by atoms with Crippen LogP contribution in [0.2, 0.25) is 0 Å². The summed E-state index contributed by atoms with van der Waals surface area (Å²) in [6, 6.07) is 0. The summed E-state index contributed by atoms with van der Waals surface area (Å²) in [6.45, 7) is 7.33. The van der Waals surface area contributed by atoms with Crippen LogP contribution < -0.4 is 0 Å². The summed E-state index contributed by atoms with van der Waals surface area (Å²) in [5.41, 5.74) is 0. The Labute approximate surface area is 607 Å². The maximum Gasteiger partial charge on any atom is 0.472 e. The van der Waals surface area contributed by atoms with Crippen molar-refractivity contribution in [3.8, 4) is 0 Å². The van der Waals surface area contributed by atoms with Gasteiger partial charge < -0.3 is 33.8 Å². The lowest BCUT2D eigenvalue weighted by molar-refractivity contribution is -0.161. The van der Waals surface area contributed by atoms with Crippen molar-refractivity contribution in [2.24, 2.45) is 5.92 Å². The average Bonchev–Trinajstić information content (AvgIpc) is 1.04. The van der Waals surface area contributed by atoms with Gasteiger partial charge in [-0.1, -0.05) is 375 Å². The Balaban J connectivity index is 5.13. The summed E-state index contributed by atoms with van der Waals surface area (Å²) in [5, 5.41) is 10.6. The van der Waals surface area contributed by atoms with Gasteiger partial charge in [-0.3, -0.25) is 37.3 Å². The van der Waals surface area contributed by atoms with Crippen LogP contribution in [0.1, 0.15) is 426 Å². The fourth-order valence-electron chi connectivity index (χ4n) is 12.4. The SMILES string of the molecule is CCCCCCCCCCCCCCCCCCCCCCC(=O)OC[C@H](COP(=O)(O)OC[C@@H](O)COP(=O)(O)OC[C@@H](COC(=O)CCCCCCCCC)OC(=O)CCCCCCCCCCCC)OC(=O)CCCCCCCCCCCCCCCCCCCCC(C)CC. The Hall–Kier alpha value is -1.94. The molecule has 0 aromatic heterocycles. The molecule has 0 rings (SSSR count). The fraction of sp³-hybridized carbons (Fsp3) is 0.950. The number of unbranched alkanes of at least 4 members (excludes halogenated alkanes) is 51. The zero-order valence-corrected chi connectivity index (χ0v) is 66.4. The third-order valence-electron chi connectivity index (χ3n) is 19.1. The van der Waals surface area contributed by atoms with Crippen LogP contribution in [0, 0.1) is 5.92 Å². The van der Waals surface area contributed by atoms with Crippen LogP contribution in [0.4, 0.5) is 0 Å². The van der Waals surface area contributed by atoms with Crippen molar-refractivity contribution in [2.75, 3.05) is 39.6 Å². The van der Waals surface area contributed by atoms with Gasteiger partial charge in [-0.15, -0.1) is 0 Å². The number of ether oxygens (including phenoxy) is 4. The van der Waals surface area contributed by atoms with Gasteiger partial charge in [-0.25, -0.2) is 9.13 Å². The van der Waals surface area contributed by atoms with Gasteiger partial charge >= 0.3 is 39.5 Å². The molecule has 0 saturated carbocycles. The molecule has 6 atom stereocenters. The molecule has 0 spiro atoms. The Morgan fingerprint density at radius 2 is 0.485 bits per heavy atom. The third-order valence-corrected chi connectivity index (χ3v) is 21.0. The number of rotatable bonds is 80. The zero-order chi connectivity index (χ0) is 72.7. The molecule has 19 heteroatoms. The first-order valence-electron chi connectivity index (χ1n) is 41.7. The van der Waals surface area contributed by atoms with Gasteiger partial charge in [0.15, 0.2) is 12.2 Å². The molecule has 0 aliphatic carbocycles. The van der Waals surface area contributed by atoms with Crippen molar-refractivity contribution in [3.63, 3.8) is 0 Å². The molecule has 0 aliphatic rings. The Morgan fingerprint density at radius 1 is 0.283 bits per heavy atom. The molecule has 0 fully saturated rings. The van der Waals surface area contributed by atoms with Gasteiger partial charge in [-0.2, -0.15) is 0 Å². The van der Waals surface area contributed by atoms with Crippen LogP contribution >= 0.6 is 15.6 Å². The summed E-state index contributed by atoms with van der Waals surface area (Å²) in [6.07, 6.45) is 64.1. The number of phosphoric acid groups is 2. The highest BCUT2D eigenvalue weighted by Crippen LogP contribution is 2.45. The van der Waals surface area contributed by atoms with Crippen LogP contribution in [-0.4, -0.2) is 96.7 Å². The highest BCUT2D eigenvalue weighted by atomic mass is 31.2. The third kappa shape index (κ3) is 72.8. The van der Waals surface area contributed by atoms with Crippen LogP contribution in [-0.2, 0) is 65.4 Å². The van der Waals surface area contributed by atoms with Gasteiger partial charge in [0.1, 0.15) is 19.3 Å². The molecule has 0 radical (unpaired) electrons. The monoisotopic (exact) mass is 1450 g/mol. The highest BCUT2D eigenvalue weighted by molar-refractivity contribution is 7.47. The molecule has 99 heavy (non-hydrogen) atoms. The van der Waals surface area contributed by atoms with E-state index in [2.05, 4.69) is 34.6 Å². The summed E-state index contributed by atoms with van der Waals surface area (Å²) in [4.78, 5) is 72.7. The standard InChI is InChI=1S/C80H156O17P2/c1-6-10-13-16-19-21-23-24-25-26-27-28-32-35-38-41-45-49-54-59-64-78(83)91-70-76(97-80(85)66-61-56-51-46-42-39-36-33-30-29-31-34-37-40-43-48-52-57-62-73(5)9-4)72-95-99(88,89)93-68-74(81)67-92-98(86,87)94-71-75(69-90-77(82)63-58-53-47-18-15-12-8-3)96-79(84)65-60-55-50-44-22-20-17-14-11-7-2/h73-76,81H,6-72H2,1-5H3,(H,86,87)(H,88,89)/t73?,74-,75+,76+/m0/s1. The predicted octanol–water partition coefficient (Wildman–Crippen LogP) is 24.0. The number of phosphoric ester groups is 2. The fourth-order valence-corrected chi connectivity index (χ4v) is 14.0.